The quantitative estimate of drug-likeness (QED) is 0.567. The fourth-order valence-corrected chi connectivity index (χ4v) is 2.32. The summed E-state index contributed by atoms with van der Waals surface area (Å²) in [5.74, 6) is 1.75. The van der Waals surface area contributed by atoms with Crippen LogP contribution in [0.3, 0.4) is 0 Å². The third-order valence-electron chi connectivity index (χ3n) is 3.80. The minimum absolute atomic E-state index is 0.169. The molecule has 1 fully saturated rings. The summed E-state index contributed by atoms with van der Waals surface area (Å²) in [7, 11) is 0. The van der Waals surface area contributed by atoms with Gasteiger partial charge in [-0.2, -0.15) is 0 Å². The Balaban J connectivity index is 2.36. The number of aliphatic carboxylic acids is 1. The first kappa shape index (κ1) is 15.4. The number of nitrogens with zero attached hydrogens (tertiary/aromatic N) is 1. The van der Waals surface area contributed by atoms with E-state index in [1.807, 2.05) is 6.92 Å². The van der Waals surface area contributed by atoms with E-state index in [4.69, 9.17) is 6.42 Å². The first-order valence-corrected chi connectivity index (χ1v) is 6.75. The van der Waals surface area contributed by atoms with Crippen LogP contribution in [0.15, 0.2) is 0 Å². The Hall–Kier alpha value is -1.70. The van der Waals surface area contributed by atoms with Crippen molar-refractivity contribution in [3.05, 3.63) is 0 Å². The average molecular weight is 266 g/mol. The molecule has 0 aromatic heterocycles. The number of likely N-dealkylation sites (tertiary alicyclic amines) is 1. The largest absolute Gasteiger partial charge is 0.481 e. The maximum Gasteiger partial charge on any atom is 0.317 e. The van der Waals surface area contributed by atoms with E-state index in [0.29, 0.717) is 32.5 Å². The van der Waals surface area contributed by atoms with Crippen molar-refractivity contribution >= 4 is 12.0 Å². The van der Waals surface area contributed by atoms with E-state index in [-0.39, 0.29) is 6.03 Å². The summed E-state index contributed by atoms with van der Waals surface area (Å²) in [6.07, 6.45) is 8.69. The first-order chi connectivity index (χ1) is 9.05. The Labute approximate surface area is 114 Å². The smallest absolute Gasteiger partial charge is 0.317 e. The van der Waals surface area contributed by atoms with Crippen LogP contribution in [0.5, 0.6) is 0 Å². The van der Waals surface area contributed by atoms with Crippen molar-refractivity contribution in [2.45, 2.75) is 39.0 Å². The van der Waals surface area contributed by atoms with E-state index < -0.39 is 11.4 Å². The molecule has 0 bridgehead atoms. The first-order valence-electron chi connectivity index (χ1n) is 6.75. The number of rotatable bonds is 6. The molecule has 0 radical (unpaired) electrons. The fraction of sp³-hybridized carbons (Fsp3) is 0.714. The Kier molecular flexibility index (Phi) is 5.68. The van der Waals surface area contributed by atoms with Gasteiger partial charge < -0.3 is 15.3 Å². The lowest BCUT2D eigenvalue weighted by Crippen LogP contribution is -2.41. The highest BCUT2D eigenvalue weighted by atomic mass is 16.4. The van der Waals surface area contributed by atoms with Gasteiger partial charge >= 0.3 is 12.0 Å². The third kappa shape index (κ3) is 3.88. The summed E-state index contributed by atoms with van der Waals surface area (Å²) >= 11 is 0. The number of terminal acetylenes is 1. The van der Waals surface area contributed by atoms with E-state index in [0.717, 1.165) is 19.3 Å². The molecule has 106 valence electrons. The second-order valence-electron chi connectivity index (χ2n) is 5.00. The van der Waals surface area contributed by atoms with Gasteiger partial charge in [0.25, 0.3) is 0 Å². The normalized spacial score (nSPS) is 22.0. The third-order valence-corrected chi connectivity index (χ3v) is 3.80. The Morgan fingerprint density at radius 3 is 2.74 bits per heavy atom. The molecule has 0 spiro atoms. The van der Waals surface area contributed by atoms with Gasteiger partial charge in [0.1, 0.15) is 0 Å². The molecule has 5 nitrogen and oxygen atoms in total. The van der Waals surface area contributed by atoms with Crippen LogP contribution < -0.4 is 5.32 Å². The zero-order chi connectivity index (χ0) is 14.3. The number of nitrogens with one attached hydrogen (secondary N) is 1. The van der Waals surface area contributed by atoms with Gasteiger partial charge in [-0.05, 0) is 25.7 Å². The minimum Gasteiger partial charge on any atom is -0.481 e. The van der Waals surface area contributed by atoms with Crippen LogP contribution in [0.2, 0.25) is 0 Å². The lowest BCUT2D eigenvalue weighted by atomic mass is 9.84. The van der Waals surface area contributed by atoms with Crippen molar-refractivity contribution in [3.63, 3.8) is 0 Å². The number of hydrogen-bond donors (Lipinski definition) is 2. The molecule has 1 rings (SSSR count). The topological polar surface area (TPSA) is 69.6 Å². The maximum absolute atomic E-state index is 11.9. The molecule has 1 unspecified atom stereocenters. The van der Waals surface area contributed by atoms with Gasteiger partial charge in [0.2, 0.25) is 0 Å². The van der Waals surface area contributed by atoms with Crippen LogP contribution in [0, 0.1) is 17.8 Å². The summed E-state index contributed by atoms with van der Waals surface area (Å²) in [4.78, 5) is 24.8. The predicted molar refractivity (Wildman–Crippen MR) is 72.6 cm³/mol. The predicted octanol–water partition coefficient (Wildman–Crippen LogP) is 1.69. The van der Waals surface area contributed by atoms with Crippen molar-refractivity contribution in [3.8, 4) is 12.3 Å². The highest BCUT2D eigenvalue weighted by Gasteiger charge is 2.44. The van der Waals surface area contributed by atoms with Crippen LogP contribution in [0.1, 0.15) is 39.0 Å². The summed E-state index contributed by atoms with van der Waals surface area (Å²) < 4.78 is 0. The number of carbonyl (C=O) groups excluding carboxylic acids is 1. The number of hydrogen-bond acceptors (Lipinski definition) is 2. The van der Waals surface area contributed by atoms with Crippen LogP contribution >= 0.6 is 0 Å². The van der Waals surface area contributed by atoms with Crippen LogP contribution in [-0.4, -0.2) is 41.6 Å². The highest BCUT2D eigenvalue weighted by Crippen LogP contribution is 2.34. The van der Waals surface area contributed by atoms with Crippen molar-refractivity contribution < 1.29 is 14.7 Å². The SMILES string of the molecule is C#CCCCCNC(=O)N1CCC(CC)(C(=O)O)C1. The lowest BCUT2D eigenvalue weighted by Gasteiger charge is -2.23. The molecule has 1 atom stereocenters. The van der Waals surface area contributed by atoms with Gasteiger partial charge in [0.05, 0.1) is 5.41 Å². The van der Waals surface area contributed by atoms with Crippen molar-refractivity contribution in [2.24, 2.45) is 5.41 Å². The average Bonchev–Trinajstić information content (AvgIpc) is 2.84. The van der Waals surface area contributed by atoms with Crippen molar-refractivity contribution in [1.29, 1.82) is 0 Å². The molecule has 1 aliphatic heterocycles. The van der Waals surface area contributed by atoms with Crippen molar-refractivity contribution in [1.82, 2.24) is 10.2 Å². The van der Waals surface area contributed by atoms with Gasteiger partial charge in [0.15, 0.2) is 0 Å². The van der Waals surface area contributed by atoms with Crippen LogP contribution in [-0.2, 0) is 4.79 Å². The Morgan fingerprint density at radius 1 is 1.47 bits per heavy atom. The summed E-state index contributed by atoms with van der Waals surface area (Å²) in [5.41, 5.74) is -0.763. The zero-order valence-corrected chi connectivity index (χ0v) is 11.4. The molecule has 0 aliphatic carbocycles. The molecular formula is C14H22N2O3. The molecule has 0 aromatic carbocycles. The second kappa shape index (κ2) is 7.03. The summed E-state index contributed by atoms with van der Waals surface area (Å²) in [6, 6.07) is -0.169. The number of unbranched alkanes of at least 4 members (excludes halogenated alkanes) is 2. The molecular weight excluding hydrogens is 244 g/mol. The van der Waals surface area contributed by atoms with Gasteiger partial charge in [0, 0.05) is 26.1 Å². The van der Waals surface area contributed by atoms with E-state index in [9.17, 15) is 14.7 Å². The van der Waals surface area contributed by atoms with Gasteiger partial charge in [-0.3, -0.25) is 4.79 Å². The summed E-state index contributed by atoms with van der Waals surface area (Å²) in [5, 5.41) is 12.1. The summed E-state index contributed by atoms with van der Waals surface area (Å²) in [6.45, 7) is 3.25. The molecule has 2 N–H and O–H groups in total. The second-order valence-corrected chi connectivity index (χ2v) is 5.00. The molecule has 0 saturated carbocycles. The molecule has 2 amide bonds. The zero-order valence-electron chi connectivity index (χ0n) is 11.4. The van der Waals surface area contributed by atoms with E-state index >= 15 is 0 Å². The van der Waals surface area contributed by atoms with Gasteiger partial charge in [-0.15, -0.1) is 12.3 Å². The minimum atomic E-state index is -0.806. The van der Waals surface area contributed by atoms with Crippen LogP contribution in [0.25, 0.3) is 0 Å². The number of carboxylic acid groups (broad SMARTS) is 1. The van der Waals surface area contributed by atoms with Gasteiger partial charge in [-0.1, -0.05) is 6.92 Å². The highest BCUT2D eigenvalue weighted by molar-refractivity contribution is 5.79. The monoisotopic (exact) mass is 266 g/mol. The number of urea groups is 1. The number of carbonyl (C=O) groups is 2. The molecule has 0 aromatic rings. The number of amides is 2. The Morgan fingerprint density at radius 2 is 2.21 bits per heavy atom. The van der Waals surface area contributed by atoms with E-state index in [2.05, 4.69) is 11.2 Å². The number of carboxylic acids is 1. The fourth-order valence-electron chi connectivity index (χ4n) is 2.32. The standard InChI is InChI=1S/C14H22N2O3/c1-3-5-6-7-9-15-13(19)16-10-8-14(4-2,11-16)12(17)18/h1H,4-11H2,2H3,(H,15,19)(H,17,18). The molecule has 1 heterocycles. The van der Waals surface area contributed by atoms with E-state index in [1.165, 1.54) is 0 Å². The molecule has 5 heteroatoms. The lowest BCUT2D eigenvalue weighted by molar-refractivity contribution is -0.148. The molecule has 19 heavy (non-hydrogen) atoms. The van der Waals surface area contributed by atoms with Crippen LogP contribution in [0.4, 0.5) is 4.79 Å². The molecule has 1 aliphatic rings. The Bertz CT molecular complexity index is 375. The van der Waals surface area contributed by atoms with Crippen molar-refractivity contribution in [2.75, 3.05) is 19.6 Å². The van der Waals surface area contributed by atoms with E-state index in [1.54, 1.807) is 4.90 Å². The molecule has 1 saturated heterocycles. The maximum atomic E-state index is 11.9. The van der Waals surface area contributed by atoms with Gasteiger partial charge in [-0.25, -0.2) is 4.79 Å².